The van der Waals surface area contributed by atoms with Crippen molar-refractivity contribution in [3.63, 3.8) is 0 Å². The maximum atomic E-state index is 13.2. The summed E-state index contributed by atoms with van der Waals surface area (Å²) in [5.41, 5.74) is 4.15. The van der Waals surface area contributed by atoms with Gasteiger partial charge >= 0.3 is 0 Å². The maximum absolute atomic E-state index is 13.2. The molecule has 2 aromatic rings. The minimum absolute atomic E-state index is 0.111. The molecule has 1 aliphatic heterocycles. The van der Waals surface area contributed by atoms with E-state index in [1.807, 2.05) is 0 Å². The molecule has 0 radical (unpaired) electrons. The molecule has 1 saturated heterocycles. The lowest BCUT2D eigenvalue weighted by molar-refractivity contribution is -0.128. The van der Waals surface area contributed by atoms with Crippen molar-refractivity contribution in [1.29, 1.82) is 0 Å². The van der Waals surface area contributed by atoms with Crippen LogP contribution in [0.4, 0.5) is 0 Å². The molecule has 1 aromatic heterocycles. The minimum Gasteiger partial charge on any atom is -0.361 e. The van der Waals surface area contributed by atoms with Crippen molar-refractivity contribution in [3.05, 3.63) is 35.5 Å². The van der Waals surface area contributed by atoms with E-state index in [1.54, 1.807) is 0 Å². The van der Waals surface area contributed by atoms with Gasteiger partial charge < -0.3 is 10.3 Å². The fourth-order valence-electron chi connectivity index (χ4n) is 6.09. The lowest BCUT2D eigenvalue weighted by Crippen LogP contribution is -2.53. The van der Waals surface area contributed by atoms with Crippen molar-refractivity contribution in [2.24, 2.45) is 5.92 Å². The van der Waals surface area contributed by atoms with Crippen molar-refractivity contribution >= 4 is 16.8 Å². The Morgan fingerprint density at radius 3 is 2.82 bits per heavy atom. The van der Waals surface area contributed by atoms with E-state index in [2.05, 4.69) is 46.5 Å². The summed E-state index contributed by atoms with van der Waals surface area (Å²) >= 11 is 0. The molecule has 0 spiro atoms. The average molecular weight is 380 g/mol. The van der Waals surface area contributed by atoms with E-state index < -0.39 is 0 Å². The number of rotatable bonds is 3. The number of carbonyl (C=O) groups excluding carboxylic acids is 1. The van der Waals surface area contributed by atoms with Crippen molar-refractivity contribution in [2.45, 2.75) is 76.3 Å². The number of aromatic nitrogens is 1. The first-order valence-electron chi connectivity index (χ1n) is 11.4. The predicted molar refractivity (Wildman–Crippen MR) is 114 cm³/mol. The topological polar surface area (TPSA) is 48.1 Å². The predicted octanol–water partition coefficient (Wildman–Crippen LogP) is 4.36. The van der Waals surface area contributed by atoms with Crippen LogP contribution >= 0.6 is 0 Å². The van der Waals surface area contributed by atoms with Crippen molar-refractivity contribution in [2.75, 3.05) is 13.1 Å². The smallest absolute Gasteiger partial charge is 0.224 e. The summed E-state index contributed by atoms with van der Waals surface area (Å²) < 4.78 is 0. The number of piperidine rings is 1. The Kier molecular flexibility index (Phi) is 4.92. The normalized spacial score (nSPS) is 28.7. The quantitative estimate of drug-likeness (QED) is 0.779. The number of H-pyrrole nitrogens is 1. The van der Waals surface area contributed by atoms with Crippen LogP contribution in [0.5, 0.6) is 0 Å². The Hall–Kier alpha value is -1.81. The van der Waals surface area contributed by atoms with Gasteiger partial charge in [0.05, 0.1) is 5.92 Å². The van der Waals surface area contributed by atoms with E-state index in [0.29, 0.717) is 23.9 Å². The summed E-state index contributed by atoms with van der Waals surface area (Å²) in [7, 11) is 0. The molecule has 1 aromatic carbocycles. The van der Waals surface area contributed by atoms with Crippen LogP contribution in [0, 0.1) is 5.92 Å². The third-order valence-corrected chi connectivity index (χ3v) is 7.55. The second kappa shape index (κ2) is 7.55. The summed E-state index contributed by atoms with van der Waals surface area (Å²) in [6.07, 6.45) is 11.8. The zero-order valence-corrected chi connectivity index (χ0v) is 17.0. The molecule has 3 aliphatic rings. The molecule has 4 heteroatoms. The lowest BCUT2D eigenvalue weighted by Gasteiger charge is -2.46. The minimum atomic E-state index is 0.111. The summed E-state index contributed by atoms with van der Waals surface area (Å²) in [5, 5.41) is 4.86. The van der Waals surface area contributed by atoms with Gasteiger partial charge in [0.2, 0.25) is 5.91 Å². The number of hydrogen-bond donors (Lipinski definition) is 2. The fraction of sp³-hybridized carbons (Fsp3) is 0.625. The molecule has 28 heavy (non-hydrogen) atoms. The third-order valence-electron chi connectivity index (χ3n) is 7.55. The zero-order valence-electron chi connectivity index (χ0n) is 17.0. The molecule has 2 heterocycles. The Bertz CT molecular complexity index is 849. The number of amides is 1. The fourth-order valence-corrected chi connectivity index (χ4v) is 6.09. The highest BCUT2D eigenvalue weighted by Crippen LogP contribution is 2.44. The van der Waals surface area contributed by atoms with Gasteiger partial charge in [-0.2, -0.15) is 0 Å². The highest BCUT2D eigenvalue weighted by molar-refractivity contribution is 5.88. The van der Waals surface area contributed by atoms with E-state index in [-0.39, 0.29) is 5.92 Å². The largest absolute Gasteiger partial charge is 0.361 e. The first-order valence-corrected chi connectivity index (χ1v) is 11.4. The Morgan fingerprint density at radius 1 is 1.21 bits per heavy atom. The Balaban J connectivity index is 1.39. The molecule has 2 N–H and O–H groups in total. The monoisotopic (exact) mass is 379 g/mol. The van der Waals surface area contributed by atoms with Crippen LogP contribution in [0.15, 0.2) is 24.4 Å². The second-order valence-corrected chi connectivity index (χ2v) is 9.18. The van der Waals surface area contributed by atoms with Crippen LogP contribution in [0.25, 0.3) is 10.9 Å². The van der Waals surface area contributed by atoms with Crippen LogP contribution < -0.4 is 5.32 Å². The molecule has 1 unspecified atom stereocenters. The first kappa shape index (κ1) is 18.2. The van der Waals surface area contributed by atoms with E-state index in [1.165, 1.54) is 47.7 Å². The molecular formula is C24H33N3O. The molecule has 5 rings (SSSR count). The van der Waals surface area contributed by atoms with Crippen LogP contribution in [0.3, 0.4) is 0 Å². The standard InChI is InChI=1S/C24H33N3O/c1-2-27-15-17(24(28)26-18-8-5-3-4-6-9-18)12-20-19-10-7-11-21-23(19)16(14-25-21)13-22(20)27/h7,10-11,14,17-18,20,22,25H,2-6,8-9,12-13,15H2,1H3,(H,26,28)/t17?,20-,22-/m1/s1. The molecule has 4 nitrogen and oxygen atoms in total. The SMILES string of the molecule is CCN1CC(C(=O)NC2CCCCCC2)C[C@@H]2c3cccc4[nH]cc(c34)C[C@H]21. The zero-order chi connectivity index (χ0) is 19.1. The number of aromatic amines is 1. The van der Waals surface area contributed by atoms with Gasteiger partial charge in [0, 0.05) is 41.6 Å². The maximum Gasteiger partial charge on any atom is 0.224 e. The van der Waals surface area contributed by atoms with E-state index in [4.69, 9.17) is 0 Å². The number of nitrogens with zero attached hydrogens (tertiary/aromatic N) is 1. The number of carbonyl (C=O) groups is 1. The highest BCUT2D eigenvalue weighted by Gasteiger charge is 2.42. The van der Waals surface area contributed by atoms with E-state index >= 15 is 0 Å². The van der Waals surface area contributed by atoms with Gasteiger partial charge in [-0.05, 0) is 49.4 Å². The molecule has 3 atom stereocenters. The van der Waals surface area contributed by atoms with Gasteiger partial charge in [-0.1, -0.05) is 44.7 Å². The van der Waals surface area contributed by atoms with Gasteiger partial charge in [-0.15, -0.1) is 0 Å². The highest BCUT2D eigenvalue weighted by atomic mass is 16.2. The molecule has 1 saturated carbocycles. The van der Waals surface area contributed by atoms with Gasteiger partial charge in [0.25, 0.3) is 0 Å². The molecular weight excluding hydrogens is 346 g/mol. The summed E-state index contributed by atoms with van der Waals surface area (Å²) in [6, 6.07) is 7.58. The molecule has 2 fully saturated rings. The molecule has 1 amide bonds. The van der Waals surface area contributed by atoms with E-state index in [0.717, 1.165) is 38.8 Å². The average Bonchev–Trinajstić information content (AvgIpc) is 2.96. The number of likely N-dealkylation sites (tertiary alicyclic amines) is 1. The van der Waals surface area contributed by atoms with Crippen LogP contribution in [0.2, 0.25) is 0 Å². The molecule has 2 aliphatic carbocycles. The van der Waals surface area contributed by atoms with Crippen molar-refractivity contribution in [3.8, 4) is 0 Å². The van der Waals surface area contributed by atoms with Gasteiger partial charge in [-0.3, -0.25) is 9.69 Å². The first-order chi connectivity index (χ1) is 13.7. The van der Waals surface area contributed by atoms with Crippen molar-refractivity contribution in [1.82, 2.24) is 15.2 Å². The second-order valence-electron chi connectivity index (χ2n) is 9.18. The number of likely N-dealkylation sites (N-methyl/N-ethyl adjacent to an activating group) is 1. The van der Waals surface area contributed by atoms with E-state index in [9.17, 15) is 4.79 Å². The van der Waals surface area contributed by atoms with Crippen LogP contribution in [0.1, 0.15) is 68.9 Å². The lowest BCUT2D eigenvalue weighted by atomic mass is 9.72. The van der Waals surface area contributed by atoms with Crippen molar-refractivity contribution < 1.29 is 4.79 Å². The number of hydrogen-bond acceptors (Lipinski definition) is 2. The van der Waals surface area contributed by atoms with Gasteiger partial charge in [0.1, 0.15) is 0 Å². The Morgan fingerprint density at radius 2 is 2.04 bits per heavy atom. The third kappa shape index (κ3) is 3.16. The van der Waals surface area contributed by atoms with Gasteiger partial charge in [-0.25, -0.2) is 0 Å². The summed E-state index contributed by atoms with van der Waals surface area (Å²) in [6.45, 7) is 4.17. The van der Waals surface area contributed by atoms with Crippen LogP contribution in [-0.2, 0) is 11.2 Å². The number of benzene rings is 1. The summed E-state index contributed by atoms with van der Waals surface area (Å²) in [4.78, 5) is 19.2. The molecule has 0 bridgehead atoms. The molecule has 150 valence electrons. The summed E-state index contributed by atoms with van der Waals surface area (Å²) in [5.74, 6) is 0.877. The van der Waals surface area contributed by atoms with Crippen LogP contribution in [-0.4, -0.2) is 41.0 Å². The number of fused-ring (bicyclic) bond motifs is 2. The number of nitrogens with one attached hydrogen (secondary N) is 2. The Labute approximate surface area is 168 Å². The van der Waals surface area contributed by atoms with Gasteiger partial charge in [0.15, 0.2) is 0 Å².